The Morgan fingerprint density at radius 3 is 2.19 bits per heavy atom. The minimum atomic E-state index is -2.62. The Hall–Kier alpha value is -0.550. The van der Waals surface area contributed by atoms with Gasteiger partial charge in [-0.15, -0.1) is 4.89 Å². The van der Waals surface area contributed by atoms with Crippen LogP contribution in [0, 0.1) is 0 Å². The molecule has 1 unspecified atom stereocenters. The molecule has 0 radical (unpaired) electrons. The first-order chi connectivity index (χ1) is 7.54. The van der Waals surface area contributed by atoms with Gasteiger partial charge in [-0.25, -0.2) is 0 Å². The Bertz CT molecular complexity index is 165. The molecule has 0 heterocycles. The monoisotopic (exact) mass is 255 g/mol. The van der Waals surface area contributed by atoms with E-state index in [0.29, 0.717) is 0 Å². The molecule has 0 aromatic heterocycles. The van der Waals surface area contributed by atoms with Crippen LogP contribution in [-0.4, -0.2) is 30.9 Å². The lowest BCUT2D eigenvalue weighted by molar-refractivity contribution is -0.143. The molecule has 96 valence electrons. The van der Waals surface area contributed by atoms with E-state index < -0.39 is 14.2 Å². The normalized spacial score (nSPS) is 10.1. The van der Waals surface area contributed by atoms with Gasteiger partial charge in [-0.05, 0) is 0 Å². The molecule has 0 spiro atoms. The summed E-state index contributed by atoms with van der Waals surface area (Å²) in [6.07, 6.45) is 2.64. The van der Waals surface area contributed by atoms with Crippen LogP contribution in [0.25, 0.3) is 0 Å². The van der Waals surface area contributed by atoms with Gasteiger partial charge in [0.05, 0.1) is 6.61 Å². The van der Waals surface area contributed by atoms with Gasteiger partial charge in [0, 0.05) is 11.5 Å². The second-order valence-corrected chi connectivity index (χ2v) is 3.47. The topological polar surface area (TPSA) is 82.1 Å². The molecule has 1 atom stereocenters. The summed E-state index contributed by atoms with van der Waals surface area (Å²) in [6.45, 7) is 5.61. The van der Waals surface area contributed by atoms with Crippen molar-refractivity contribution in [3.05, 3.63) is 0 Å². The van der Waals surface area contributed by atoms with Gasteiger partial charge in [-0.2, -0.15) is 0 Å². The third kappa shape index (κ3) is 23.3. The lowest BCUT2D eigenvalue weighted by Gasteiger charge is -1.99. The van der Waals surface area contributed by atoms with E-state index in [1.807, 2.05) is 0 Å². The summed E-state index contributed by atoms with van der Waals surface area (Å²) >= 11 is 0. The van der Waals surface area contributed by atoms with Gasteiger partial charge >= 0.3 is 14.2 Å². The van der Waals surface area contributed by atoms with Crippen molar-refractivity contribution in [1.29, 1.82) is 0 Å². The average molecular weight is 255 g/mol. The van der Waals surface area contributed by atoms with Gasteiger partial charge in [0.1, 0.15) is 6.61 Å². The summed E-state index contributed by atoms with van der Waals surface area (Å²) < 4.78 is 23.2. The van der Waals surface area contributed by atoms with Crippen LogP contribution in [0.5, 0.6) is 0 Å². The summed E-state index contributed by atoms with van der Waals surface area (Å²) in [6, 6.07) is 0. The molecule has 0 fully saturated rings. The second-order valence-electron chi connectivity index (χ2n) is 2.73. The van der Waals surface area contributed by atoms with Gasteiger partial charge < -0.3 is 9.47 Å². The highest BCUT2D eigenvalue weighted by atomic mass is 31.1. The van der Waals surface area contributed by atoms with E-state index in [2.05, 4.69) is 27.8 Å². The standard InChI is InChI=1S/C5H9O6P.C4H10/c1-5(6)10-3-2-9-4-11-12(7)8;1-3-4-2/h2-4H2,1H3;3-4H2,1-2H3/p+1. The number of unbranched alkanes of at least 4 members (excludes halogenated alkanes) is 1. The Kier molecular flexibility index (Phi) is 16.1. The molecule has 0 bridgehead atoms. The number of ether oxygens (including phenoxy) is 2. The Morgan fingerprint density at radius 2 is 1.81 bits per heavy atom. The Labute approximate surface area is 96.8 Å². The van der Waals surface area contributed by atoms with Gasteiger partial charge in [-0.3, -0.25) is 4.79 Å². The zero-order valence-electron chi connectivity index (χ0n) is 9.97. The molecule has 0 saturated carbocycles. The smallest absolute Gasteiger partial charge is 0.463 e. The van der Waals surface area contributed by atoms with E-state index >= 15 is 0 Å². The number of rotatable bonds is 7. The van der Waals surface area contributed by atoms with E-state index in [1.54, 1.807) is 0 Å². The molecule has 0 amide bonds. The molecule has 6 nitrogen and oxygen atoms in total. The minimum absolute atomic E-state index is 0.112. The van der Waals surface area contributed by atoms with Gasteiger partial charge in [-0.1, -0.05) is 31.2 Å². The van der Waals surface area contributed by atoms with Crippen LogP contribution in [0.3, 0.4) is 0 Å². The first kappa shape index (κ1) is 17.8. The molecular formula is C9H20O6P+. The fraction of sp³-hybridized carbons (Fsp3) is 0.889. The van der Waals surface area contributed by atoms with Crippen molar-refractivity contribution >= 4 is 14.2 Å². The highest BCUT2D eigenvalue weighted by molar-refractivity contribution is 7.32. The van der Waals surface area contributed by atoms with Gasteiger partial charge in [0.25, 0.3) is 0 Å². The van der Waals surface area contributed by atoms with Crippen molar-refractivity contribution in [3.8, 4) is 0 Å². The molecule has 1 N–H and O–H groups in total. The largest absolute Gasteiger partial charge is 0.697 e. The number of hydrogen-bond acceptors (Lipinski definition) is 5. The fourth-order valence-corrected chi connectivity index (χ4v) is 0.550. The third-order valence-electron chi connectivity index (χ3n) is 1.28. The number of hydrogen-bond donors (Lipinski definition) is 1. The van der Waals surface area contributed by atoms with Crippen LogP contribution in [0.15, 0.2) is 0 Å². The molecular weight excluding hydrogens is 235 g/mol. The summed E-state index contributed by atoms with van der Waals surface area (Å²) in [5.74, 6) is -0.396. The summed E-state index contributed by atoms with van der Waals surface area (Å²) in [4.78, 5) is 18.3. The number of carbonyl (C=O) groups is 1. The van der Waals surface area contributed by atoms with Crippen molar-refractivity contribution in [3.63, 3.8) is 0 Å². The van der Waals surface area contributed by atoms with Gasteiger partial charge in [0.2, 0.25) is 6.79 Å². The summed E-state index contributed by atoms with van der Waals surface area (Å²) in [7, 11) is -2.62. The number of carbonyl (C=O) groups excluding carboxylic acids is 1. The van der Waals surface area contributed by atoms with Crippen LogP contribution in [-0.2, 0) is 23.4 Å². The van der Waals surface area contributed by atoms with Gasteiger partial charge in [0.15, 0.2) is 0 Å². The molecule has 0 aliphatic heterocycles. The molecule has 0 saturated heterocycles. The first-order valence-electron chi connectivity index (χ1n) is 5.04. The lowest BCUT2D eigenvalue weighted by Crippen LogP contribution is -2.08. The highest BCUT2D eigenvalue weighted by Gasteiger charge is 2.10. The van der Waals surface area contributed by atoms with Crippen molar-refractivity contribution in [2.45, 2.75) is 33.6 Å². The predicted molar refractivity (Wildman–Crippen MR) is 58.9 cm³/mol. The van der Waals surface area contributed by atoms with Crippen LogP contribution >= 0.6 is 8.25 Å². The molecule has 7 heteroatoms. The quantitative estimate of drug-likeness (QED) is 0.324. The van der Waals surface area contributed by atoms with E-state index in [0.717, 1.165) is 0 Å². The molecule has 16 heavy (non-hydrogen) atoms. The molecule has 0 aromatic carbocycles. The Morgan fingerprint density at radius 1 is 1.25 bits per heavy atom. The lowest BCUT2D eigenvalue weighted by atomic mass is 10.4. The summed E-state index contributed by atoms with van der Waals surface area (Å²) in [5.41, 5.74) is 0. The zero-order chi connectivity index (χ0) is 12.8. The maximum atomic E-state index is 10.2. The Balaban J connectivity index is 0. The molecule has 0 rings (SSSR count). The van der Waals surface area contributed by atoms with E-state index in [-0.39, 0.29) is 20.0 Å². The van der Waals surface area contributed by atoms with E-state index in [4.69, 9.17) is 4.89 Å². The molecule has 0 aliphatic carbocycles. The minimum Gasteiger partial charge on any atom is -0.463 e. The van der Waals surface area contributed by atoms with E-state index in [1.165, 1.54) is 19.8 Å². The summed E-state index contributed by atoms with van der Waals surface area (Å²) in [5, 5.41) is 0. The van der Waals surface area contributed by atoms with Crippen molar-refractivity contribution in [2.75, 3.05) is 20.0 Å². The van der Waals surface area contributed by atoms with E-state index in [9.17, 15) is 9.36 Å². The SMILES string of the molecule is CC(=O)OCCOCO[P+](=O)O.CCCC. The maximum absolute atomic E-state index is 10.2. The van der Waals surface area contributed by atoms with Crippen molar-refractivity contribution in [1.82, 2.24) is 0 Å². The van der Waals surface area contributed by atoms with Crippen molar-refractivity contribution in [2.24, 2.45) is 0 Å². The highest BCUT2D eigenvalue weighted by Crippen LogP contribution is 2.13. The fourth-order valence-electron chi connectivity index (χ4n) is 0.386. The second kappa shape index (κ2) is 14.5. The van der Waals surface area contributed by atoms with Crippen LogP contribution in [0.2, 0.25) is 0 Å². The van der Waals surface area contributed by atoms with Crippen molar-refractivity contribution < 1.29 is 28.3 Å². The average Bonchev–Trinajstić information content (AvgIpc) is 2.23. The predicted octanol–water partition coefficient (Wildman–Crippen LogP) is 2.00. The molecule has 0 aliphatic rings. The first-order valence-corrected chi connectivity index (χ1v) is 6.17. The number of esters is 1. The molecule has 0 aromatic rings. The van der Waals surface area contributed by atoms with Crippen LogP contribution < -0.4 is 0 Å². The third-order valence-corrected chi connectivity index (χ3v) is 1.61. The van der Waals surface area contributed by atoms with Crippen LogP contribution in [0.4, 0.5) is 0 Å². The van der Waals surface area contributed by atoms with Crippen LogP contribution in [0.1, 0.15) is 33.6 Å². The zero-order valence-corrected chi connectivity index (χ0v) is 10.9. The maximum Gasteiger partial charge on any atom is 0.697 e.